The van der Waals surface area contributed by atoms with Crippen LogP contribution in [0.4, 0.5) is 4.39 Å². The van der Waals surface area contributed by atoms with Crippen LogP contribution in [0.3, 0.4) is 0 Å². The zero-order valence-electron chi connectivity index (χ0n) is 12.2. The molecule has 108 valence electrons. The van der Waals surface area contributed by atoms with Gasteiger partial charge in [0.2, 0.25) is 0 Å². The highest BCUT2D eigenvalue weighted by atomic mass is 79.9. The molecule has 0 saturated carbocycles. The second-order valence-electron chi connectivity index (χ2n) is 5.40. The van der Waals surface area contributed by atoms with Gasteiger partial charge in [-0.2, -0.15) is 0 Å². The number of unbranched alkanes of at least 4 members (excludes halogenated alkanes) is 1. The molecule has 0 amide bonds. The molecule has 0 spiro atoms. The summed E-state index contributed by atoms with van der Waals surface area (Å²) in [6, 6.07) is 5.40. The van der Waals surface area contributed by atoms with Crippen molar-refractivity contribution < 1.29 is 4.39 Å². The molecule has 19 heavy (non-hydrogen) atoms. The van der Waals surface area contributed by atoms with Gasteiger partial charge in [0.1, 0.15) is 5.82 Å². The van der Waals surface area contributed by atoms with Crippen molar-refractivity contribution in [1.29, 1.82) is 0 Å². The molecule has 0 aliphatic heterocycles. The van der Waals surface area contributed by atoms with E-state index in [1.807, 2.05) is 19.2 Å². The van der Waals surface area contributed by atoms with Crippen molar-refractivity contribution in [3.05, 3.63) is 34.1 Å². The van der Waals surface area contributed by atoms with Crippen LogP contribution in [-0.4, -0.2) is 13.6 Å². The third kappa shape index (κ3) is 4.88. The smallest absolute Gasteiger partial charge is 0.127 e. The fraction of sp³-hybridized carbons (Fsp3) is 0.625. The number of hydrogen-bond donors (Lipinski definition) is 1. The first-order valence-electron chi connectivity index (χ1n) is 7.15. The maximum atomic E-state index is 14.0. The highest BCUT2D eigenvalue weighted by Gasteiger charge is 2.28. The molecule has 0 fully saturated rings. The standard InChI is InChI=1S/C16H25BrFN/c1-4-6-9-16(5-2,12-19-3)11-13-7-8-14(17)10-15(13)18/h7-8,10,19H,4-6,9,11-12H2,1-3H3. The predicted molar refractivity (Wildman–Crippen MR) is 84.0 cm³/mol. The number of nitrogens with one attached hydrogen (secondary N) is 1. The van der Waals surface area contributed by atoms with Gasteiger partial charge in [-0.3, -0.25) is 0 Å². The van der Waals surface area contributed by atoms with Gasteiger partial charge in [-0.25, -0.2) is 4.39 Å². The number of halogens is 2. The fourth-order valence-corrected chi connectivity index (χ4v) is 3.00. The van der Waals surface area contributed by atoms with Crippen LogP contribution in [0.1, 0.15) is 45.1 Å². The fourth-order valence-electron chi connectivity index (χ4n) is 2.66. The van der Waals surface area contributed by atoms with E-state index < -0.39 is 0 Å². The van der Waals surface area contributed by atoms with Crippen LogP contribution in [-0.2, 0) is 6.42 Å². The quantitative estimate of drug-likeness (QED) is 0.712. The second-order valence-corrected chi connectivity index (χ2v) is 6.32. The van der Waals surface area contributed by atoms with Gasteiger partial charge in [-0.1, -0.05) is 48.7 Å². The summed E-state index contributed by atoms with van der Waals surface area (Å²) in [6.45, 7) is 5.36. The van der Waals surface area contributed by atoms with Gasteiger partial charge in [0.25, 0.3) is 0 Å². The Hall–Kier alpha value is -0.410. The molecule has 0 aliphatic carbocycles. The van der Waals surface area contributed by atoms with Crippen molar-refractivity contribution in [2.75, 3.05) is 13.6 Å². The lowest BCUT2D eigenvalue weighted by Crippen LogP contribution is -2.34. The number of benzene rings is 1. The molecule has 1 aromatic rings. The molecule has 0 saturated heterocycles. The zero-order valence-corrected chi connectivity index (χ0v) is 13.8. The van der Waals surface area contributed by atoms with E-state index in [1.165, 1.54) is 12.8 Å². The topological polar surface area (TPSA) is 12.0 Å². The molecule has 3 heteroatoms. The molecule has 0 aromatic heterocycles. The van der Waals surface area contributed by atoms with Crippen LogP contribution >= 0.6 is 15.9 Å². The Morgan fingerprint density at radius 3 is 2.58 bits per heavy atom. The summed E-state index contributed by atoms with van der Waals surface area (Å²) in [6.07, 6.45) is 5.42. The highest BCUT2D eigenvalue weighted by molar-refractivity contribution is 9.10. The van der Waals surface area contributed by atoms with Gasteiger partial charge in [0, 0.05) is 11.0 Å². The summed E-state index contributed by atoms with van der Waals surface area (Å²) in [7, 11) is 1.98. The van der Waals surface area contributed by atoms with E-state index >= 15 is 0 Å². The largest absolute Gasteiger partial charge is 0.319 e. The van der Waals surface area contributed by atoms with Gasteiger partial charge in [-0.05, 0) is 49.4 Å². The summed E-state index contributed by atoms with van der Waals surface area (Å²) in [5.41, 5.74) is 0.996. The Labute approximate surface area is 125 Å². The average molecular weight is 330 g/mol. The Bertz CT molecular complexity index is 394. The highest BCUT2D eigenvalue weighted by Crippen LogP contribution is 2.33. The van der Waals surface area contributed by atoms with Gasteiger partial charge in [0.15, 0.2) is 0 Å². The Balaban J connectivity index is 2.91. The van der Waals surface area contributed by atoms with Gasteiger partial charge in [-0.15, -0.1) is 0 Å². The molecule has 0 radical (unpaired) electrons. The summed E-state index contributed by atoms with van der Waals surface area (Å²) in [5.74, 6) is -0.0974. The minimum atomic E-state index is -0.0974. The van der Waals surface area contributed by atoms with Crippen molar-refractivity contribution in [3.63, 3.8) is 0 Å². The number of rotatable bonds is 8. The van der Waals surface area contributed by atoms with Gasteiger partial charge >= 0.3 is 0 Å². The van der Waals surface area contributed by atoms with Crippen molar-refractivity contribution in [2.45, 2.75) is 46.0 Å². The van der Waals surface area contributed by atoms with Crippen LogP contribution in [0.2, 0.25) is 0 Å². The lowest BCUT2D eigenvalue weighted by atomic mass is 9.75. The molecular formula is C16H25BrFN. The maximum absolute atomic E-state index is 14.0. The minimum absolute atomic E-state index is 0.0974. The molecule has 1 unspecified atom stereocenters. The first-order chi connectivity index (χ1) is 9.06. The molecule has 0 heterocycles. The van der Waals surface area contributed by atoms with E-state index in [9.17, 15) is 4.39 Å². The molecule has 0 aliphatic rings. The molecule has 1 nitrogen and oxygen atoms in total. The third-order valence-electron chi connectivity index (χ3n) is 3.94. The van der Waals surface area contributed by atoms with Crippen LogP contribution in [0.15, 0.2) is 22.7 Å². The van der Waals surface area contributed by atoms with Crippen molar-refractivity contribution in [2.24, 2.45) is 5.41 Å². The first kappa shape index (κ1) is 16.6. The van der Waals surface area contributed by atoms with Gasteiger partial charge < -0.3 is 5.32 Å². The molecular weight excluding hydrogens is 305 g/mol. The van der Waals surface area contributed by atoms with Crippen LogP contribution < -0.4 is 5.32 Å². The average Bonchev–Trinajstić information content (AvgIpc) is 2.39. The van der Waals surface area contributed by atoms with Crippen molar-refractivity contribution in [3.8, 4) is 0 Å². The molecule has 1 rings (SSSR count). The van der Waals surface area contributed by atoms with E-state index in [0.29, 0.717) is 0 Å². The van der Waals surface area contributed by atoms with Crippen molar-refractivity contribution >= 4 is 15.9 Å². The third-order valence-corrected chi connectivity index (χ3v) is 4.44. The van der Waals surface area contributed by atoms with E-state index in [4.69, 9.17) is 0 Å². The summed E-state index contributed by atoms with van der Waals surface area (Å²) in [4.78, 5) is 0. The summed E-state index contributed by atoms with van der Waals surface area (Å²) in [5, 5.41) is 3.29. The lowest BCUT2D eigenvalue weighted by molar-refractivity contribution is 0.232. The molecule has 1 atom stereocenters. The molecule has 0 bridgehead atoms. The first-order valence-corrected chi connectivity index (χ1v) is 7.94. The SMILES string of the molecule is CCCCC(CC)(CNC)Cc1ccc(Br)cc1F. The predicted octanol–water partition coefficient (Wildman–Crippen LogP) is 4.94. The van der Waals surface area contributed by atoms with E-state index in [2.05, 4.69) is 35.1 Å². The van der Waals surface area contributed by atoms with Crippen LogP contribution in [0, 0.1) is 11.2 Å². The Kier molecular flexibility index (Phi) is 7.01. The molecule has 1 aromatic carbocycles. The minimum Gasteiger partial charge on any atom is -0.319 e. The summed E-state index contributed by atoms with van der Waals surface area (Å²) < 4.78 is 14.8. The van der Waals surface area contributed by atoms with Crippen LogP contribution in [0.25, 0.3) is 0 Å². The van der Waals surface area contributed by atoms with E-state index in [-0.39, 0.29) is 11.2 Å². The van der Waals surface area contributed by atoms with Gasteiger partial charge in [0.05, 0.1) is 0 Å². The summed E-state index contributed by atoms with van der Waals surface area (Å²) >= 11 is 3.31. The Morgan fingerprint density at radius 2 is 2.05 bits per heavy atom. The van der Waals surface area contributed by atoms with Crippen LogP contribution in [0.5, 0.6) is 0 Å². The lowest BCUT2D eigenvalue weighted by Gasteiger charge is -2.33. The van der Waals surface area contributed by atoms with Crippen molar-refractivity contribution in [1.82, 2.24) is 5.32 Å². The van der Waals surface area contributed by atoms with E-state index in [1.54, 1.807) is 6.07 Å². The Morgan fingerprint density at radius 1 is 1.32 bits per heavy atom. The molecule has 1 N–H and O–H groups in total. The normalized spacial score (nSPS) is 14.4. The maximum Gasteiger partial charge on any atom is 0.127 e. The zero-order chi connectivity index (χ0) is 14.3. The second kappa shape index (κ2) is 8.01. The monoisotopic (exact) mass is 329 g/mol. The van der Waals surface area contributed by atoms with E-state index in [0.717, 1.165) is 35.8 Å². The number of hydrogen-bond acceptors (Lipinski definition) is 1.